The first-order valence-corrected chi connectivity index (χ1v) is 7.15. The standard InChI is InChI=1S/C11H11F6N3O3S/c1-5-2-8(21,10(12,13)14)20(19-5)7-18-6(4-24-7)3-9(22,23)11(15,16)17/h4,21-23H,2-3H2,1H3. The molecule has 1 unspecified atom stereocenters. The molecule has 1 atom stereocenters. The Morgan fingerprint density at radius 1 is 1.25 bits per heavy atom. The van der Waals surface area contributed by atoms with Crippen LogP contribution in [-0.2, 0) is 6.42 Å². The fourth-order valence-electron chi connectivity index (χ4n) is 1.97. The van der Waals surface area contributed by atoms with E-state index in [1.807, 2.05) is 0 Å². The van der Waals surface area contributed by atoms with Crippen LogP contribution in [0.2, 0.25) is 0 Å². The summed E-state index contributed by atoms with van der Waals surface area (Å²) in [7, 11) is 0. The molecule has 0 radical (unpaired) electrons. The van der Waals surface area contributed by atoms with Gasteiger partial charge in [0.1, 0.15) is 0 Å². The summed E-state index contributed by atoms with van der Waals surface area (Å²) in [6.07, 6.45) is -12.7. The zero-order valence-electron chi connectivity index (χ0n) is 11.9. The van der Waals surface area contributed by atoms with E-state index in [1.165, 1.54) is 6.92 Å². The minimum Gasteiger partial charge on any atom is -0.362 e. The third-order valence-corrected chi connectivity index (χ3v) is 4.04. The summed E-state index contributed by atoms with van der Waals surface area (Å²) in [6, 6.07) is 0. The molecule has 2 heterocycles. The van der Waals surface area contributed by atoms with Gasteiger partial charge in [0.25, 0.3) is 11.5 Å². The summed E-state index contributed by atoms with van der Waals surface area (Å²) >= 11 is 0.477. The average molecular weight is 379 g/mol. The van der Waals surface area contributed by atoms with Gasteiger partial charge in [-0.2, -0.15) is 36.5 Å². The highest BCUT2D eigenvalue weighted by Crippen LogP contribution is 2.43. The predicted molar refractivity (Wildman–Crippen MR) is 70.3 cm³/mol. The monoisotopic (exact) mass is 379 g/mol. The Hall–Kier alpha value is -1.44. The molecule has 0 aromatic carbocycles. The minimum atomic E-state index is -5.37. The van der Waals surface area contributed by atoms with Crippen molar-refractivity contribution in [2.45, 2.75) is 43.6 Å². The van der Waals surface area contributed by atoms with Crippen molar-refractivity contribution in [3.05, 3.63) is 11.1 Å². The Labute approximate surface area is 134 Å². The molecule has 0 amide bonds. The van der Waals surface area contributed by atoms with Crippen LogP contribution < -0.4 is 5.01 Å². The topological polar surface area (TPSA) is 89.2 Å². The second kappa shape index (κ2) is 5.54. The van der Waals surface area contributed by atoms with Crippen LogP contribution in [0.3, 0.4) is 0 Å². The molecule has 0 aliphatic carbocycles. The summed E-state index contributed by atoms with van der Waals surface area (Å²) in [5.74, 6) is -4.08. The summed E-state index contributed by atoms with van der Waals surface area (Å²) in [6.45, 7) is 1.24. The van der Waals surface area contributed by atoms with Gasteiger partial charge in [-0.25, -0.2) is 4.98 Å². The molecule has 1 aliphatic rings. The Bertz CT molecular complexity index is 656. The molecule has 24 heavy (non-hydrogen) atoms. The number of alkyl halides is 6. The highest BCUT2D eigenvalue weighted by Gasteiger charge is 2.62. The van der Waals surface area contributed by atoms with Crippen molar-refractivity contribution >= 4 is 22.2 Å². The molecule has 0 saturated carbocycles. The van der Waals surface area contributed by atoms with Crippen molar-refractivity contribution in [2.24, 2.45) is 5.10 Å². The first kappa shape index (κ1) is 18.9. The second-order valence-electron chi connectivity index (χ2n) is 5.25. The largest absolute Gasteiger partial charge is 0.443 e. The van der Waals surface area contributed by atoms with E-state index in [1.54, 1.807) is 0 Å². The van der Waals surface area contributed by atoms with Gasteiger partial charge in [-0.3, -0.25) is 0 Å². The van der Waals surface area contributed by atoms with Crippen LogP contribution in [0.5, 0.6) is 0 Å². The number of anilines is 1. The van der Waals surface area contributed by atoms with E-state index in [0.717, 1.165) is 5.38 Å². The fourth-order valence-corrected chi connectivity index (χ4v) is 2.81. The smallest absolute Gasteiger partial charge is 0.362 e. The van der Waals surface area contributed by atoms with Crippen molar-refractivity contribution in [1.82, 2.24) is 4.98 Å². The maximum atomic E-state index is 13.1. The number of aliphatic hydroxyl groups is 3. The molecule has 3 N–H and O–H groups in total. The Morgan fingerprint density at radius 3 is 2.33 bits per heavy atom. The summed E-state index contributed by atoms with van der Waals surface area (Å²) in [4.78, 5) is 3.49. The second-order valence-corrected chi connectivity index (χ2v) is 6.09. The summed E-state index contributed by atoms with van der Waals surface area (Å²) < 4.78 is 76.5. The lowest BCUT2D eigenvalue weighted by molar-refractivity contribution is -0.348. The van der Waals surface area contributed by atoms with Gasteiger partial charge >= 0.3 is 12.4 Å². The maximum absolute atomic E-state index is 13.1. The van der Waals surface area contributed by atoms with Crippen LogP contribution in [0, 0.1) is 0 Å². The number of rotatable bonds is 3. The van der Waals surface area contributed by atoms with E-state index < -0.39 is 47.5 Å². The van der Waals surface area contributed by atoms with Gasteiger partial charge in [-0.15, -0.1) is 11.3 Å². The van der Waals surface area contributed by atoms with Gasteiger partial charge < -0.3 is 15.3 Å². The third kappa shape index (κ3) is 3.20. The molecule has 0 bridgehead atoms. The Morgan fingerprint density at radius 2 is 1.83 bits per heavy atom. The number of thiazole rings is 1. The number of aromatic nitrogens is 1. The molecule has 2 rings (SSSR count). The third-order valence-electron chi connectivity index (χ3n) is 3.18. The highest BCUT2D eigenvalue weighted by molar-refractivity contribution is 7.13. The average Bonchev–Trinajstić information content (AvgIpc) is 2.91. The lowest BCUT2D eigenvalue weighted by atomic mass is 10.1. The van der Waals surface area contributed by atoms with E-state index in [2.05, 4.69) is 10.1 Å². The van der Waals surface area contributed by atoms with Gasteiger partial charge in [-0.1, -0.05) is 0 Å². The normalized spacial score (nSPS) is 22.9. The number of nitrogens with zero attached hydrogens (tertiary/aromatic N) is 3. The van der Waals surface area contributed by atoms with Crippen LogP contribution >= 0.6 is 11.3 Å². The van der Waals surface area contributed by atoms with Gasteiger partial charge in [0, 0.05) is 17.5 Å². The highest BCUT2D eigenvalue weighted by atomic mass is 32.1. The Balaban J connectivity index is 2.30. The van der Waals surface area contributed by atoms with Gasteiger partial charge in [0.15, 0.2) is 0 Å². The first-order valence-electron chi connectivity index (χ1n) is 6.27. The number of hydrazone groups is 1. The first-order chi connectivity index (χ1) is 10.7. The number of halogens is 6. The maximum Gasteiger partial charge on any atom is 0.443 e. The summed E-state index contributed by atoms with van der Waals surface area (Å²) in [5.41, 5.74) is -3.94. The number of hydrogen-bond acceptors (Lipinski definition) is 7. The van der Waals surface area contributed by atoms with E-state index in [0.29, 0.717) is 11.3 Å². The zero-order chi connectivity index (χ0) is 18.6. The minimum absolute atomic E-state index is 0.0551. The van der Waals surface area contributed by atoms with Crippen LogP contribution in [0.4, 0.5) is 31.5 Å². The van der Waals surface area contributed by atoms with E-state index in [-0.39, 0.29) is 10.7 Å². The van der Waals surface area contributed by atoms with Gasteiger partial charge in [0.2, 0.25) is 5.13 Å². The molecule has 1 aromatic rings. The molecule has 6 nitrogen and oxygen atoms in total. The number of hydrogen-bond donors (Lipinski definition) is 3. The molecule has 1 aliphatic heterocycles. The molecular formula is C11H11F6N3O3S. The molecule has 13 heteroatoms. The lowest BCUT2D eigenvalue weighted by Gasteiger charge is -2.32. The van der Waals surface area contributed by atoms with E-state index in [9.17, 15) is 31.4 Å². The van der Waals surface area contributed by atoms with Gasteiger partial charge in [-0.05, 0) is 6.92 Å². The van der Waals surface area contributed by atoms with Crippen molar-refractivity contribution in [3.63, 3.8) is 0 Å². The van der Waals surface area contributed by atoms with E-state index >= 15 is 0 Å². The van der Waals surface area contributed by atoms with E-state index in [4.69, 9.17) is 10.2 Å². The zero-order valence-corrected chi connectivity index (χ0v) is 12.7. The fraction of sp³-hybridized carbons (Fsp3) is 0.636. The van der Waals surface area contributed by atoms with Crippen LogP contribution in [0.15, 0.2) is 10.5 Å². The lowest BCUT2D eigenvalue weighted by Crippen LogP contribution is -2.55. The molecule has 136 valence electrons. The predicted octanol–water partition coefficient (Wildman–Crippen LogP) is 1.77. The van der Waals surface area contributed by atoms with Crippen LogP contribution in [0.1, 0.15) is 19.0 Å². The quantitative estimate of drug-likeness (QED) is 0.550. The van der Waals surface area contributed by atoms with Crippen molar-refractivity contribution < 1.29 is 41.7 Å². The van der Waals surface area contributed by atoms with Crippen LogP contribution in [0.25, 0.3) is 0 Å². The molecule has 0 fully saturated rings. The van der Waals surface area contributed by atoms with Gasteiger partial charge in [0.05, 0.1) is 12.1 Å². The van der Waals surface area contributed by atoms with Crippen molar-refractivity contribution in [3.8, 4) is 0 Å². The molecule has 1 aromatic heterocycles. The van der Waals surface area contributed by atoms with Crippen molar-refractivity contribution in [2.75, 3.05) is 5.01 Å². The summed E-state index contributed by atoms with van der Waals surface area (Å²) in [5, 5.41) is 31.9. The Kier molecular flexibility index (Phi) is 4.36. The molecule has 0 saturated heterocycles. The van der Waals surface area contributed by atoms with Crippen molar-refractivity contribution in [1.29, 1.82) is 0 Å². The van der Waals surface area contributed by atoms with Crippen LogP contribution in [-0.4, -0.2) is 49.9 Å². The SMILES string of the molecule is CC1=NN(c2nc(CC(O)(O)C(F)(F)F)cs2)C(O)(C(F)(F)F)C1. The molecule has 0 spiro atoms. The molecular weight excluding hydrogens is 368 g/mol.